The Balaban J connectivity index is 0.00000261. The van der Waals surface area contributed by atoms with Crippen LogP contribution in [0.1, 0.15) is 5.56 Å². The molecule has 0 radical (unpaired) electrons. The number of methoxy groups -OCH3 is 1. The molecule has 0 atom stereocenters. The van der Waals surface area contributed by atoms with Gasteiger partial charge in [-0.2, -0.15) is 5.10 Å². The molecule has 27 heavy (non-hydrogen) atoms. The maximum Gasteiger partial charge on any atom is 0.246 e. The van der Waals surface area contributed by atoms with Gasteiger partial charge in [-0.3, -0.25) is 14.5 Å². The van der Waals surface area contributed by atoms with E-state index in [1.807, 2.05) is 42.4 Å². The largest absolute Gasteiger partial charge is 0.496 e. The molecule has 9 heteroatoms. The van der Waals surface area contributed by atoms with Gasteiger partial charge in [0.25, 0.3) is 0 Å². The van der Waals surface area contributed by atoms with E-state index in [0.29, 0.717) is 25.6 Å². The van der Waals surface area contributed by atoms with Crippen LogP contribution >= 0.6 is 24.0 Å². The topological polar surface area (TPSA) is 75.0 Å². The van der Waals surface area contributed by atoms with E-state index in [2.05, 4.69) is 15.4 Å². The molecule has 1 aliphatic heterocycles. The van der Waals surface area contributed by atoms with Crippen molar-refractivity contribution in [2.75, 3.05) is 38.7 Å². The number of hydrogen-bond donors (Lipinski definition) is 1. The fourth-order valence-corrected chi connectivity index (χ4v) is 3.03. The van der Waals surface area contributed by atoms with Crippen molar-refractivity contribution in [2.24, 2.45) is 12.0 Å². The predicted molar refractivity (Wildman–Crippen MR) is 116 cm³/mol. The quantitative estimate of drug-likeness (QED) is 0.405. The van der Waals surface area contributed by atoms with Crippen molar-refractivity contribution in [2.45, 2.75) is 6.54 Å². The number of aliphatic imine (C=N–C) groups is 1. The Labute approximate surface area is 176 Å². The van der Waals surface area contributed by atoms with Crippen molar-refractivity contribution in [1.82, 2.24) is 20.0 Å². The van der Waals surface area contributed by atoms with E-state index in [0.717, 1.165) is 17.0 Å². The van der Waals surface area contributed by atoms with Gasteiger partial charge in [-0.25, -0.2) is 0 Å². The second-order valence-corrected chi connectivity index (χ2v) is 6.05. The number of aryl methyl sites for hydroxylation is 1. The van der Waals surface area contributed by atoms with Gasteiger partial charge in [-0.1, -0.05) is 18.2 Å². The molecular weight excluding hydrogens is 459 g/mol. The first-order valence-corrected chi connectivity index (χ1v) is 8.49. The number of benzene rings is 1. The zero-order chi connectivity index (χ0) is 18.5. The lowest BCUT2D eigenvalue weighted by atomic mass is 10.2. The number of rotatable bonds is 4. The molecule has 146 valence electrons. The third-order valence-electron chi connectivity index (χ3n) is 4.36. The third-order valence-corrected chi connectivity index (χ3v) is 4.36. The van der Waals surface area contributed by atoms with E-state index in [1.165, 1.54) is 0 Å². The summed E-state index contributed by atoms with van der Waals surface area (Å²) in [7, 11) is 5.22. The van der Waals surface area contributed by atoms with Crippen molar-refractivity contribution in [3.8, 4) is 5.75 Å². The van der Waals surface area contributed by atoms with Crippen molar-refractivity contribution in [3.05, 3.63) is 42.2 Å². The van der Waals surface area contributed by atoms with Gasteiger partial charge < -0.3 is 19.9 Å². The van der Waals surface area contributed by atoms with E-state index in [1.54, 1.807) is 29.9 Å². The highest BCUT2D eigenvalue weighted by atomic mass is 127. The highest BCUT2D eigenvalue weighted by molar-refractivity contribution is 14.0. The highest BCUT2D eigenvalue weighted by Crippen LogP contribution is 2.18. The van der Waals surface area contributed by atoms with Gasteiger partial charge in [0.2, 0.25) is 5.91 Å². The van der Waals surface area contributed by atoms with Crippen molar-refractivity contribution in [1.29, 1.82) is 0 Å². The minimum Gasteiger partial charge on any atom is -0.496 e. The normalized spacial score (nSPS) is 14.8. The predicted octanol–water partition coefficient (Wildman–Crippen LogP) is 1.47. The minimum atomic E-state index is 0. The van der Waals surface area contributed by atoms with E-state index < -0.39 is 0 Å². The average Bonchev–Trinajstić information content (AvgIpc) is 3.08. The summed E-state index contributed by atoms with van der Waals surface area (Å²) in [5.41, 5.74) is 1.87. The molecule has 1 amide bonds. The number of aromatic nitrogens is 2. The maximum absolute atomic E-state index is 12.6. The van der Waals surface area contributed by atoms with Crippen molar-refractivity contribution in [3.63, 3.8) is 0 Å². The molecule has 0 bridgehead atoms. The van der Waals surface area contributed by atoms with Gasteiger partial charge in [-0.05, 0) is 6.07 Å². The average molecular weight is 484 g/mol. The summed E-state index contributed by atoms with van der Waals surface area (Å²) in [6.45, 7) is 2.15. The molecule has 0 saturated carbocycles. The Kier molecular flexibility index (Phi) is 7.45. The van der Waals surface area contributed by atoms with Gasteiger partial charge in [0.15, 0.2) is 5.96 Å². The fourth-order valence-electron chi connectivity index (χ4n) is 3.03. The van der Waals surface area contributed by atoms with E-state index in [-0.39, 0.29) is 36.4 Å². The Hall–Kier alpha value is -2.30. The van der Waals surface area contributed by atoms with Crippen LogP contribution in [0.25, 0.3) is 0 Å². The van der Waals surface area contributed by atoms with Gasteiger partial charge in [-0.15, -0.1) is 24.0 Å². The minimum absolute atomic E-state index is 0. The fraction of sp³-hybridized carbons (Fsp3) is 0.389. The molecule has 1 aliphatic rings. The number of nitrogens with one attached hydrogen (secondary N) is 1. The molecular formula is C18H25IN6O2. The van der Waals surface area contributed by atoms with Crippen LogP contribution < -0.4 is 15.0 Å². The molecule has 0 aliphatic carbocycles. The summed E-state index contributed by atoms with van der Waals surface area (Å²) in [4.78, 5) is 20.6. The first-order valence-electron chi connectivity index (χ1n) is 8.49. The molecule has 1 aromatic carbocycles. The first-order chi connectivity index (χ1) is 12.6. The van der Waals surface area contributed by atoms with Gasteiger partial charge in [0, 0.05) is 45.5 Å². The molecule has 2 aromatic rings. The lowest BCUT2D eigenvalue weighted by molar-refractivity contribution is -0.120. The number of anilines is 1. The van der Waals surface area contributed by atoms with Crippen LogP contribution in [0.15, 0.2) is 41.7 Å². The zero-order valence-corrected chi connectivity index (χ0v) is 18.1. The number of amides is 1. The van der Waals surface area contributed by atoms with Gasteiger partial charge in [0.1, 0.15) is 12.3 Å². The molecule has 1 fully saturated rings. The van der Waals surface area contributed by atoms with Crippen molar-refractivity contribution < 1.29 is 9.53 Å². The second-order valence-electron chi connectivity index (χ2n) is 6.05. The number of ether oxygens (including phenoxy) is 1. The number of nitrogens with zero attached hydrogens (tertiary/aromatic N) is 5. The molecule has 1 N–H and O–H groups in total. The lowest BCUT2D eigenvalue weighted by Gasteiger charge is -2.35. The van der Waals surface area contributed by atoms with Gasteiger partial charge in [0.05, 0.1) is 19.0 Å². The van der Waals surface area contributed by atoms with Crippen LogP contribution in [-0.4, -0.2) is 60.3 Å². The molecule has 1 saturated heterocycles. The van der Waals surface area contributed by atoms with Crippen LogP contribution in [0.2, 0.25) is 0 Å². The Morgan fingerprint density at radius 1 is 1.33 bits per heavy atom. The summed E-state index contributed by atoms with van der Waals surface area (Å²) >= 11 is 0. The second kappa shape index (κ2) is 9.58. The van der Waals surface area contributed by atoms with E-state index >= 15 is 0 Å². The first kappa shape index (κ1) is 21.0. The van der Waals surface area contributed by atoms with E-state index in [4.69, 9.17) is 4.74 Å². The number of carbonyl (C=O) groups excluding carboxylic acids is 1. The SMILES string of the molecule is CN=C(NCc1ccccc1OC)N1CCN(c2cnn(C)c2)C(=O)C1.I. The monoisotopic (exact) mass is 484 g/mol. The molecule has 0 spiro atoms. The Morgan fingerprint density at radius 2 is 2.11 bits per heavy atom. The lowest BCUT2D eigenvalue weighted by Crippen LogP contribution is -2.55. The summed E-state index contributed by atoms with van der Waals surface area (Å²) in [5.74, 6) is 1.56. The van der Waals surface area contributed by atoms with Crippen molar-refractivity contribution >= 4 is 41.5 Å². The zero-order valence-electron chi connectivity index (χ0n) is 15.8. The standard InChI is InChI=1S/C18H24N6O2.HI/c1-19-18(20-10-14-6-4-5-7-16(14)26-3)23-8-9-24(17(25)13-23)15-11-21-22(2)12-15;/h4-7,11-12H,8-10,13H2,1-3H3,(H,19,20);1H. The summed E-state index contributed by atoms with van der Waals surface area (Å²) in [6, 6.07) is 7.84. The smallest absolute Gasteiger partial charge is 0.246 e. The summed E-state index contributed by atoms with van der Waals surface area (Å²) in [5, 5.41) is 7.46. The van der Waals surface area contributed by atoms with Crippen LogP contribution in [0, 0.1) is 0 Å². The summed E-state index contributed by atoms with van der Waals surface area (Å²) in [6.07, 6.45) is 3.56. The number of para-hydroxylation sites is 1. The van der Waals surface area contributed by atoms with Gasteiger partial charge >= 0.3 is 0 Å². The molecule has 1 aromatic heterocycles. The Bertz CT molecular complexity index is 807. The van der Waals surface area contributed by atoms with E-state index in [9.17, 15) is 4.79 Å². The molecule has 0 unspecified atom stereocenters. The number of halogens is 1. The number of piperazine rings is 1. The molecule has 2 heterocycles. The highest BCUT2D eigenvalue weighted by Gasteiger charge is 2.27. The Morgan fingerprint density at radius 3 is 2.74 bits per heavy atom. The van der Waals surface area contributed by atoms with Crippen LogP contribution in [0.3, 0.4) is 0 Å². The van der Waals surface area contributed by atoms with Crippen LogP contribution in [0.4, 0.5) is 5.69 Å². The number of guanidine groups is 1. The van der Waals surface area contributed by atoms with Crippen LogP contribution in [-0.2, 0) is 18.4 Å². The summed E-state index contributed by atoms with van der Waals surface area (Å²) < 4.78 is 7.07. The molecule has 8 nitrogen and oxygen atoms in total. The number of hydrogen-bond acceptors (Lipinski definition) is 4. The third kappa shape index (κ3) is 4.90. The maximum atomic E-state index is 12.6. The van der Waals surface area contributed by atoms with Crippen LogP contribution in [0.5, 0.6) is 5.75 Å². The number of carbonyl (C=O) groups is 1. The molecule has 3 rings (SSSR count).